The molecule has 8 nitrogen and oxygen atoms in total. The number of halogens is 1. The largest absolute Gasteiger partial charge is 0.481 e. The summed E-state index contributed by atoms with van der Waals surface area (Å²) in [7, 11) is -4.40. The van der Waals surface area contributed by atoms with Gasteiger partial charge in [-0.1, -0.05) is 5.21 Å². The molecule has 0 amide bonds. The van der Waals surface area contributed by atoms with Crippen molar-refractivity contribution in [1.82, 2.24) is 10.3 Å². The molecular weight excluding hydrogens is 280 g/mol. The van der Waals surface area contributed by atoms with E-state index < -0.39 is 32.3 Å². The lowest BCUT2D eigenvalue weighted by Gasteiger charge is -2.10. The number of aromatic amines is 1. The Morgan fingerprint density at radius 1 is 1.58 bits per heavy atom. The van der Waals surface area contributed by atoms with Crippen molar-refractivity contribution in [3.05, 3.63) is 11.9 Å². The highest BCUT2D eigenvalue weighted by molar-refractivity contribution is 7.51. The summed E-state index contributed by atoms with van der Waals surface area (Å²) in [5.74, 6) is -2.52. The van der Waals surface area contributed by atoms with Gasteiger partial charge in [-0.05, 0) is 6.42 Å². The summed E-state index contributed by atoms with van der Waals surface area (Å²) in [6.07, 6.45) is 1.49. The zero-order chi connectivity index (χ0) is 14.5. The lowest BCUT2D eigenvalue weighted by Crippen LogP contribution is -2.42. The third-order valence-corrected chi connectivity index (χ3v) is 3.33. The van der Waals surface area contributed by atoms with E-state index in [2.05, 4.69) is 10.3 Å². The predicted molar refractivity (Wildman–Crippen MR) is 61.1 cm³/mol. The van der Waals surface area contributed by atoms with Gasteiger partial charge >= 0.3 is 13.6 Å². The number of aromatic nitrogens is 3. The number of hydrogen-bond acceptors (Lipinski definition) is 3. The van der Waals surface area contributed by atoms with E-state index in [0.29, 0.717) is 18.5 Å². The molecule has 0 aromatic carbocycles. The average Bonchev–Trinajstić information content (AvgIpc) is 2.71. The first-order chi connectivity index (χ1) is 8.81. The second kappa shape index (κ2) is 6.74. The fourth-order valence-electron chi connectivity index (χ4n) is 1.57. The van der Waals surface area contributed by atoms with E-state index in [4.69, 9.17) is 14.9 Å². The van der Waals surface area contributed by atoms with Crippen molar-refractivity contribution in [2.24, 2.45) is 5.92 Å². The number of carboxylic acids is 1. The van der Waals surface area contributed by atoms with Crippen molar-refractivity contribution in [1.29, 1.82) is 0 Å². The molecule has 0 spiro atoms. The number of nitrogens with one attached hydrogen (secondary N) is 1. The Labute approximate surface area is 108 Å². The molecule has 1 heterocycles. The number of aliphatic carboxylic acids is 1. The molecule has 1 rings (SSSR count). The number of hydrogen-bond donors (Lipinski definition) is 4. The van der Waals surface area contributed by atoms with E-state index in [1.807, 2.05) is 0 Å². The Morgan fingerprint density at radius 2 is 2.26 bits per heavy atom. The summed E-state index contributed by atoms with van der Waals surface area (Å²) in [6.45, 7) is -0.605. The maximum Gasteiger partial charge on any atom is 0.326 e. The molecule has 1 aromatic heterocycles. The number of H-pyrrole nitrogens is 1. The molecule has 1 atom stereocenters. The standard InChI is InChI=1S/C9H15FN3O5P/c10-3-1-2-8-5-13(12-11-8)4-7(9(14)15)6-19(16,17)18/h5,7H,1-4,6H2,(H3,14,15,16,17,18)/p+1. The monoisotopic (exact) mass is 296 g/mol. The van der Waals surface area contributed by atoms with Crippen LogP contribution in [0.5, 0.6) is 0 Å². The molecule has 1 unspecified atom stereocenters. The van der Waals surface area contributed by atoms with Crippen molar-refractivity contribution in [3.8, 4) is 0 Å². The van der Waals surface area contributed by atoms with Gasteiger partial charge in [-0.15, -0.1) is 0 Å². The molecule has 0 aliphatic rings. The molecule has 0 saturated carbocycles. The second-order valence-corrected chi connectivity index (χ2v) is 5.85. The van der Waals surface area contributed by atoms with Crippen molar-refractivity contribution < 1.29 is 33.3 Å². The van der Waals surface area contributed by atoms with E-state index in [1.54, 1.807) is 0 Å². The van der Waals surface area contributed by atoms with Crippen LogP contribution in [0.15, 0.2) is 6.20 Å². The summed E-state index contributed by atoms with van der Waals surface area (Å²) < 4.78 is 24.1. The van der Waals surface area contributed by atoms with Gasteiger partial charge in [0.15, 0.2) is 6.20 Å². The maximum absolute atomic E-state index is 12.0. The molecule has 4 N–H and O–H groups in total. The number of aryl methyl sites for hydroxylation is 1. The van der Waals surface area contributed by atoms with Gasteiger partial charge in [-0.2, -0.15) is 4.68 Å². The van der Waals surface area contributed by atoms with E-state index in [0.717, 1.165) is 0 Å². The number of alkyl halides is 1. The van der Waals surface area contributed by atoms with Gasteiger partial charge in [0, 0.05) is 11.5 Å². The van der Waals surface area contributed by atoms with Crippen LogP contribution in [0.3, 0.4) is 0 Å². The summed E-state index contributed by atoms with van der Waals surface area (Å²) >= 11 is 0. The van der Waals surface area contributed by atoms with Crippen LogP contribution in [0.4, 0.5) is 4.39 Å². The minimum atomic E-state index is -4.40. The number of rotatable bonds is 8. The number of carboxylic acid groups (broad SMARTS) is 1. The first-order valence-corrected chi connectivity index (χ1v) is 7.38. The summed E-state index contributed by atoms with van der Waals surface area (Å²) in [5, 5.41) is 15.3. The van der Waals surface area contributed by atoms with Crippen molar-refractivity contribution in [2.75, 3.05) is 12.8 Å². The van der Waals surface area contributed by atoms with E-state index >= 15 is 0 Å². The highest BCUT2D eigenvalue weighted by Gasteiger charge is 2.30. The van der Waals surface area contributed by atoms with Gasteiger partial charge in [-0.25, -0.2) is 0 Å². The molecule has 19 heavy (non-hydrogen) atoms. The zero-order valence-corrected chi connectivity index (χ0v) is 11.0. The van der Waals surface area contributed by atoms with Gasteiger partial charge in [0.1, 0.15) is 12.5 Å². The van der Waals surface area contributed by atoms with Gasteiger partial charge in [0.2, 0.25) is 5.69 Å². The molecule has 0 aliphatic carbocycles. The third-order valence-electron chi connectivity index (χ3n) is 2.42. The van der Waals surface area contributed by atoms with Crippen LogP contribution in [-0.2, 0) is 22.3 Å². The molecule has 0 bridgehead atoms. The van der Waals surface area contributed by atoms with E-state index in [1.165, 1.54) is 10.9 Å². The van der Waals surface area contributed by atoms with Gasteiger partial charge < -0.3 is 14.9 Å². The molecule has 0 aliphatic heterocycles. The van der Waals surface area contributed by atoms with Crippen LogP contribution < -0.4 is 4.68 Å². The van der Waals surface area contributed by atoms with Gasteiger partial charge in [0.25, 0.3) is 0 Å². The first-order valence-electron chi connectivity index (χ1n) is 5.59. The molecular formula is C9H16FN3O5P+. The minimum absolute atomic E-state index is 0.136. The molecule has 0 radical (unpaired) electrons. The summed E-state index contributed by atoms with van der Waals surface area (Å²) in [4.78, 5) is 28.5. The van der Waals surface area contributed by atoms with Crippen LogP contribution in [0.25, 0.3) is 0 Å². The summed E-state index contributed by atoms with van der Waals surface area (Å²) in [6, 6.07) is 0. The van der Waals surface area contributed by atoms with Crippen LogP contribution >= 0.6 is 7.60 Å². The number of carbonyl (C=O) groups is 1. The lowest BCUT2D eigenvalue weighted by atomic mass is 10.2. The Balaban J connectivity index is 2.66. The molecule has 1 aromatic rings. The van der Waals surface area contributed by atoms with Crippen LogP contribution in [0, 0.1) is 5.92 Å². The minimum Gasteiger partial charge on any atom is -0.481 e. The highest BCUT2D eigenvalue weighted by atomic mass is 31.2. The first kappa shape index (κ1) is 15.7. The van der Waals surface area contributed by atoms with Crippen molar-refractivity contribution >= 4 is 13.6 Å². The molecule has 0 fully saturated rings. The SMILES string of the molecule is O=C(O)C(C[n+]1cc(CCCF)n[nH]1)CP(=O)(O)O. The normalized spacial score (nSPS) is 13.4. The fourth-order valence-corrected chi connectivity index (χ4v) is 2.41. The van der Waals surface area contributed by atoms with Crippen LogP contribution in [0.1, 0.15) is 12.1 Å². The second-order valence-electron chi connectivity index (χ2n) is 4.16. The Kier molecular flexibility index (Phi) is 5.59. The summed E-state index contributed by atoms with van der Waals surface area (Å²) in [5.41, 5.74) is 0.568. The van der Waals surface area contributed by atoms with Crippen molar-refractivity contribution in [3.63, 3.8) is 0 Å². The maximum atomic E-state index is 12.0. The Hall–Kier alpha value is -1.31. The van der Waals surface area contributed by atoms with Gasteiger partial charge in [0.05, 0.1) is 12.8 Å². The molecule has 0 saturated heterocycles. The smallest absolute Gasteiger partial charge is 0.326 e. The topological polar surface area (TPSA) is 127 Å². The number of nitrogens with zero attached hydrogens (tertiary/aromatic N) is 2. The third kappa shape index (κ3) is 5.91. The highest BCUT2D eigenvalue weighted by Crippen LogP contribution is 2.36. The fraction of sp³-hybridized carbons (Fsp3) is 0.667. The van der Waals surface area contributed by atoms with E-state index in [9.17, 15) is 13.8 Å². The predicted octanol–water partition coefficient (Wildman–Crippen LogP) is -0.522. The van der Waals surface area contributed by atoms with E-state index in [-0.39, 0.29) is 6.54 Å². The van der Waals surface area contributed by atoms with Crippen LogP contribution in [-0.4, -0.2) is 44.0 Å². The zero-order valence-electron chi connectivity index (χ0n) is 10.1. The van der Waals surface area contributed by atoms with Crippen LogP contribution in [0.2, 0.25) is 0 Å². The van der Waals surface area contributed by atoms with Gasteiger partial charge in [-0.3, -0.25) is 13.8 Å². The lowest BCUT2D eigenvalue weighted by molar-refractivity contribution is -0.757. The molecule has 10 heteroatoms. The van der Waals surface area contributed by atoms with Crippen molar-refractivity contribution in [2.45, 2.75) is 19.4 Å². The quantitative estimate of drug-likeness (QED) is 0.377. The average molecular weight is 296 g/mol. The molecule has 108 valence electrons. The Bertz CT molecular complexity index is 474. The Morgan fingerprint density at radius 3 is 2.79 bits per heavy atom.